The Morgan fingerprint density at radius 3 is 2.46 bits per heavy atom. The molecule has 1 unspecified atom stereocenters. The van der Waals surface area contributed by atoms with Crippen LogP contribution >= 0.6 is 0 Å². The Labute approximate surface area is 145 Å². The molecule has 0 spiro atoms. The average molecular weight is 334 g/mol. The van der Waals surface area contributed by atoms with Crippen LogP contribution in [0.3, 0.4) is 0 Å². The number of methoxy groups -OCH3 is 1. The standard InChI is InChI=1S/C19H30N2O3/c1-4-21(19(23)20-16-7-9-17(22)10-8-16)14(2)13-15-5-11-18(24-3)12-6-15/h5-6,11-12,14,16-17,22H,4,7-10,13H2,1-3H3,(H,20,23). The maximum Gasteiger partial charge on any atom is 0.317 e. The summed E-state index contributed by atoms with van der Waals surface area (Å²) >= 11 is 0. The van der Waals surface area contributed by atoms with Crippen molar-refractivity contribution >= 4 is 6.03 Å². The van der Waals surface area contributed by atoms with Crippen molar-refractivity contribution in [1.82, 2.24) is 10.2 Å². The monoisotopic (exact) mass is 334 g/mol. The van der Waals surface area contributed by atoms with Crippen LogP contribution in [0.5, 0.6) is 5.75 Å². The fraction of sp³-hybridized carbons (Fsp3) is 0.632. The number of hydrogen-bond acceptors (Lipinski definition) is 3. The third kappa shape index (κ3) is 5.13. The van der Waals surface area contributed by atoms with E-state index in [1.807, 2.05) is 36.1 Å². The Morgan fingerprint density at radius 2 is 1.92 bits per heavy atom. The van der Waals surface area contributed by atoms with Gasteiger partial charge in [-0.2, -0.15) is 0 Å². The molecule has 2 N–H and O–H groups in total. The van der Waals surface area contributed by atoms with Gasteiger partial charge in [0.25, 0.3) is 0 Å². The molecule has 2 amide bonds. The van der Waals surface area contributed by atoms with E-state index in [4.69, 9.17) is 4.74 Å². The van der Waals surface area contributed by atoms with E-state index >= 15 is 0 Å². The van der Waals surface area contributed by atoms with Crippen LogP contribution in [-0.4, -0.2) is 47.9 Å². The Bertz CT molecular complexity index is 510. The molecule has 0 heterocycles. The first-order chi connectivity index (χ1) is 11.5. The van der Waals surface area contributed by atoms with Crippen molar-refractivity contribution in [2.24, 2.45) is 0 Å². The number of urea groups is 1. The maximum atomic E-state index is 12.6. The minimum Gasteiger partial charge on any atom is -0.497 e. The molecule has 1 aromatic rings. The van der Waals surface area contributed by atoms with Gasteiger partial charge in [-0.05, 0) is 63.6 Å². The van der Waals surface area contributed by atoms with Crippen molar-refractivity contribution in [3.63, 3.8) is 0 Å². The van der Waals surface area contributed by atoms with E-state index in [0.29, 0.717) is 6.54 Å². The molecular weight excluding hydrogens is 304 g/mol. The Hall–Kier alpha value is -1.75. The van der Waals surface area contributed by atoms with Gasteiger partial charge in [0, 0.05) is 18.6 Å². The Kier molecular flexibility index (Phi) is 6.91. The van der Waals surface area contributed by atoms with Crippen LogP contribution in [0.15, 0.2) is 24.3 Å². The van der Waals surface area contributed by atoms with Gasteiger partial charge in [0.2, 0.25) is 0 Å². The smallest absolute Gasteiger partial charge is 0.317 e. The van der Waals surface area contributed by atoms with E-state index in [1.165, 1.54) is 5.56 Å². The molecule has 134 valence electrons. The summed E-state index contributed by atoms with van der Waals surface area (Å²) in [4.78, 5) is 14.5. The van der Waals surface area contributed by atoms with Crippen LogP contribution in [0, 0.1) is 0 Å². The van der Waals surface area contributed by atoms with Crippen LogP contribution in [0.4, 0.5) is 4.79 Å². The molecule has 0 aliphatic heterocycles. The molecule has 1 aliphatic rings. The molecule has 24 heavy (non-hydrogen) atoms. The van der Waals surface area contributed by atoms with E-state index < -0.39 is 0 Å². The highest BCUT2D eigenvalue weighted by Gasteiger charge is 2.24. The molecular formula is C19H30N2O3. The number of likely N-dealkylation sites (N-methyl/N-ethyl adjacent to an activating group) is 1. The van der Waals surface area contributed by atoms with Crippen molar-refractivity contribution in [1.29, 1.82) is 0 Å². The number of aliphatic hydroxyl groups excluding tert-OH is 1. The van der Waals surface area contributed by atoms with Crippen LogP contribution in [0.25, 0.3) is 0 Å². The van der Waals surface area contributed by atoms with Gasteiger partial charge in [-0.15, -0.1) is 0 Å². The lowest BCUT2D eigenvalue weighted by atomic mass is 9.93. The summed E-state index contributed by atoms with van der Waals surface area (Å²) < 4.78 is 5.18. The molecule has 1 fully saturated rings. The first-order valence-corrected chi connectivity index (χ1v) is 8.91. The van der Waals surface area contributed by atoms with Crippen LogP contribution in [-0.2, 0) is 6.42 Å². The highest BCUT2D eigenvalue weighted by atomic mass is 16.5. The zero-order chi connectivity index (χ0) is 17.5. The summed E-state index contributed by atoms with van der Waals surface area (Å²) in [5, 5.41) is 12.7. The molecule has 5 nitrogen and oxygen atoms in total. The number of aliphatic hydroxyl groups is 1. The number of rotatable bonds is 6. The van der Waals surface area contributed by atoms with Gasteiger partial charge in [0.1, 0.15) is 5.75 Å². The van der Waals surface area contributed by atoms with E-state index in [-0.39, 0.29) is 24.2 Å². The van der Waals surface area contributed by atoms with Crippen LogP contribution < -0.4 is 10.1 Å². The quantitative estimate of drug-likeness (QED) is 0.841. The van der Waals surface area contributed by atoms with Crippen molar-refractivity contribution in [3.8, 4) is 5.75 Å². The molecule has 1 aromatic carbocycles. The third-order valence-corrected chi connectivity index (χ3v) is 4.85. The van der Waals surface area contributed by atoms with E-state index in [0.717, 1.165) is 37.9 Å². The number of amides is 2. The summed E-state index contributed by atoms with van der Waals surface area (Å²) in [6.07, 6.45) is 3.88. The van der Waals surface area contributed by atoms with Crippen molar-refractivity contribution < 1.29 is 14.6 Å². The normalized spacial score (nSPS) is 21.8. The topological polar surface area (TPSA) is 61.8 Å². The molecule has 1 aliphatic carbocycles. The number of ether oxygens (including phenoxy) is 1. The second-order valence-corrected chi connectivity index (χ2v) is 6.64. The summed E-state index contributed by atoms with van der Waals surface area (Å²) in [6.45, 7) is 4.77. The SMILES string of the molecule is CCN(C(=O)NC1CCC(O)CC1)C(C)Cc1ccc(OC)cc1. The highest BCUT2D eigenvalue weighted by molar-refractivity contribution is 5.74. The number of hydrogen-bond donors (Lipinski definition) is 2. The maximum absolute atomic E-state index is 12.6. The zero-order valence-corrected chi connectivity index (χ0v) is 15.0. The van der Waals surface area contributed by atoms with Gasteiger partial charge >= 0.3 is 6.03 Å². The third-order valence-electron chi connectivity index (χ3n) is 4.85. The lowest BCUT2D eigenvalue weighted by Gasteiger charge is -2.32. The summed E-state index contributed by atoms with van der Waals surface area (Å²) in [5.74, 6) is 0.843. The fourth-order valence-corrected chi connectivity index (χ4v) is 3.35. The fourth-order valence-electron chi connectivity index (χ4n) is 3.35. The highest BCUT2D eigenvalue weighted by Crippen LogP contribution is 2.19. The predicted molar refractivity (Wildman–Crippen MR) is 95.3 cm³/mol. The molecule has 1 saturated carbocycles. The number of nitrogens with one attached hydrogen (secondary N) is 1. The van der Waals surface area contributed by atoms with Gasteiger partial charge in [-0.25, -0.2) is 4.79 Å². The second kappa shape index (κ2) is 8.92. The molecule has 0 saturated heterocycles. The molecule has 1 atom stereocenters. The van der Waals surface area contributed by atoms with E-state index in [9.17, 15) is 9.90 Å². The lowest BCUT2D eigenvalue weighted by Crippen LogP contribution is -2.50. The Balaban J connectivity index is 1.89. The minimum absolute atomic E-state index is 0.0000912. The summed E-state index contributed by atoms with van der Waals surface area (Å²) in [6, 6.07) is 8.30. The molecule has 2 rings (SSSR count). The number of carbonyl (C=O) groups is 1. The second-order valence-electron chi connectivity index (χ2n) is 6.64. The lowest BCUT2D eigenvalue weighted by molar-refractivity contribution is 0.114. The van der Waals surface area contributed by atoms with Crippen LogP contribution in [0.1, 0.15) is 45.1 Å². The average Bonchev–Trinajstić information content (AvgIpc) is 2.58. The van der Waals surface area contributed by atoms with Crippen molar-refractivity contribution in [3.05, 3.63) is 29.8 Å². The molecule has 0 bridgehead atoms. The largest absolute Gasteiger partial charge is 0.497 e. The minimum atomic E-state index is -0.200. The number of nitrogens with zero attached hydrogens (tertiary/aromatic N) is 1. The Morgan fingerprint density at radius 1 is 1.29 bits per heavy atom. The van der Waals surface area contributed by atoms with Gasteiger partial charge in [0.15, 0.2) is 0 Å². The van der Waals surface area contributed by atoms with Gasteiger partial charge in [-0.3, -0.25) is 0 Å². The molecule has 0 radical (unpaired) electrons. The molecule has 0 aromatic heterocycles. The van der Waals surface area contributed by atoms with Gasteiger partial charge < -0.3 is 20.1 Å². The van der Waals surface area contributed by atoms with E-state index in [1.54, 1.807) is 7.11 Å². The number of carbonyl (C=O) groups excluding carboxylic acids is 1. The van der Waals surface area contributed by atoms with Gasteiger partial charge in [-0.1, -0.05) is 12.1 Å². The predicted octanol–water partition coefficient (Wildman–Crippen LogP) is 2.96. The molecule has 5 heteroatoms. The van der Waals surface area contributed by atoms with E-state index in [2.05, 4.69) is 12.2 Å². The van der Waals surface area contributed by atoms with Crippen LogP contribution in [0.2, 0.25) is 0 Å². The summed E-state index contributed by atoms with van der Waals surface area (Å²) in [7, 11) is 1.66. The van der Waals surface area contributed by atoms with Gasteiger partial charge in [0.05, 0.1) is 13.2 Å². The zero-order valence-electron chi connectivity index (χ0n) is 15.0. The number of benzene rings is 1. The first kappa shape index (κ1) is 18.6. The van der Waals surface area contributed by atoms with Crippen molar-refractivity contribution in [2.45, 2.75) is 64.1 Å². The summed E-state index contributed by atoms with van der Waals surface area (Å²) in [5.41, 5.74) is 1.19. The first-order valence-electron chi connectivity index (χ1n) is 8.91. The van der Waals surface area contributed by atoms with Crippen molar-refractivity contribution in [2.75, 3.05) is 13.7 Å².